The molecule has 164 valence electrons. The number of carbonyl (C=O) groups is 1. The average Bonchev–Trinajstić information content (AvgIpc) is 3.27. The molecule has 5 nitrogen and oxygen atoms in total. The summed E-state index contributed by atoms with van der Waals surface area (Å²) in [5.74, 6) is 1.57. The van der Waals surface area contributed by atoms with Crippen LogP contribution in [0.15, 0.2) is 76.8 Å². The minimum Gasteiger partial charge on any atom is -0.497 e. The third-order valence-electron chi connectivity index (χ3n) is 4.83. The summed E-state index contributed by atoms with van der Waals surface area (Å²) in [7, 11) is 1.65. The lowest BCUT2D eigenvalue weighted by molar-refractivity contribution is -0.118. The standard InChI is InChI=1S/C24H23N3O2S3/c1-29-18-8-10-19(11-9-18)31-14-12-22(28)27(16-17-5-4-13-25-15-17)24-26-23-20(30-2)6-3-7-21(23)32-24/h3-11,13,15H,12,14,16H2,1-2H3. The van der Waals surface area contributed by atoms with Gasteiger partial charge in [-0.25, -0.2) is 4.98 Å². The van der Waals surface area contributed by atoms with Crippen molar-refractivity contribution in [1.82, 2.24) is 9.97 Å². The molecule has 0 spiro atoms. The second-order valence-electron chi connectivity index (χ2n) is 6.92. The summed E-state index contributed by atoms with van der Waals surface area (Å²) in [6, 6.07) is 17.9. The van der Waals surface area contributed by atoms with Crippen molar-refractivity contribution in [3.8, 4) is 5.75 Å². The number of aromatic nitrogens is 2. The molecule has 0 saturated carbocycles. The molecular weight excluding hydrogens is 458 g/mol. The van der Waals surface area contributed by atoms with Gasteiger partial charge in [0.05, 0.1) is 23.9 Å². The summed E-state index contributed by atoms with van der Waals surface area (Å²) in [6.45, 7) is 0.453. The molecule has 0 fully saturated rings. The van der Waals surface area contributed by atoms with E-state index in [0.29, 0.717) is 18.7 Å². The van der Waals surface area contributed by atoms with Gasteiger partial charge in [-0.1, -0.05) is 23.5 Å². The van der Waals surface area contributed by atoms with Crippen LogP contribution in [0.1, 0.15) is 12.0 Å². The number of rotatable bonds is 9. The van der Waals surface area contributed by atoms with Gasteiger partial charge in [0.2, 0.25) is 5.91 Å². The normalized spacial score (nSPS) is 10.9. The van der Waals surface area contributed by atoms with Gasteiger partial charge in [0.1, 0.15) is 5.75 Å². The van der Waals surface area contributed by atoms with Crippen molar-refractivity contribution < 1.29 is 9.53 Å². The van der Waals surface area contributed by atoms with Gasteiger partial charge in [-0.2, -0.15) is 0 Å². The lowest BCUT2D eigenvalue weighted by atomic mass is 10.2. The predicted octanol–water partition coefficient (Wildman–Crippen LogP) is 6.14. The highest BCUT2D eigenvalue weighted by molar-refractivity contribution is 7.99. The van der Waals surface area contributed by atoms with Gasteiger partial charge >= 0.3 is 0 Å². The second kappa shape index (κ2) is 10.8. The molecule has 0 aliphatic rings. The Balaban J connectivity index is 1.52. The van der Waals surface area contributed by atoms with Crippen molar-refractivity contribution in [3.05, 3.63) is 72.6 Å². The van der Waals surface area contributed by atoms with Gasteiger partial charge < -0.3 is 4.74 Å². The Labute approximate surface area is 200 Å². The van der Waals surface area contributed by atoms with Crippen LogP contribution in [0.2, 0.25) is 0 Å². The number of thiazole rings is 1. The average molecular weight is 482 g/mol. The Kier molecular flexibility index (Phi) is 7.68. The van der Waals surface area contributed by atoms with Crippen molar-refractivity contribution in [2.24, 2.45) is 0 Å². The minimum atomic E-state index is 0.0552. The van der Waals surface area contributed by atoms with Crippen LogP contribution in [-0.4, -0.2) is 35.0 Å². The van der Waals surface area contributed by atoms with Crippen LogP contribution in [0.4, 0.5) is 5.13 Å². The molecule has 0 unspecified atom stereocenters. The Hall–Kier alpha value is -2.55. The molecule has 0 atom stereocenters. The van der Waals surface area contributed by atoms with Crippen LogP contribution in [-0.2, 0) is 11.3 Å². The number of pyridine rings is 1. The fraction of sp³-hybridized carbons (Fsp3) is 0.208. The second-order valence-corrected chi connectivity index (χ2v) is 9.94. The monoisotopic (exact) mass is 481 g/mol. The van der Waals surface area contributed by atoms with Gasteiger partial charge in [-0.3, -0.25) is 14.7 Å². The van der Waals surface area contributed by atoms with E-state index in [1.165, 1.54) is 0 Å². The molecule has 0 N–H and O–H groups in total. The third-order valence-corrected chi connectivity index (χ3v) is 7.66. The highest BCUT2D eigenvalue weighted by Crippen LogP contribution is 2.35. The number of thioether (sulfide) groups is 2. The van der Waals surface area contributed by atoms with Crippen LogP contribution in [0.3, 0.4) is 0 Å². The molecular formula is C24H23N3O2S3. The molecule has 4 rings (SSSR count). The number of benzene rings is 2. The van der Waals surface area contributed by atoms with Gasteiger partial charge in [0.25, 0.3) is 0 Å². The van der Waals surface area contributed by atoms with Gasteiger partial charge in [0.15, 0.2) is 5.13 Å². The number of ether oxygens (including phenoxy) is 1. The van der Waals surface area contributed by atoms with Crippen molar-refractivity contribution in [2.45, 2.75) is 22.8 Å². The maximum Gasteiger partial charge on any atom is 0.229 e. The van der Waals surface area contributed by atoms with Crippen molar-refractivity contribution in [3.63, 3.8) is 0 Å². The van der Waals surface area contributed by atoms with E-state index in [0.717, 1.165) is 36.5 Å². The number of fused-ring (bicyclic) bond motifs is 1. The lowest BCUT2D eigenvalue weighted by Crippen LogP contribution is -2.30. The van der Waals surface area contributed by atoms with Crippen molar-refractivity contribution in [2.75, 3.05) is 24.0 Å². The largest absolute Gasteiger partial charge is 0.497 e. The third kappa shape index (κ3) is 5.43. The van der Waals surface area contributed by atoms with Crippen LogP contribution in [0, 0.1) is 0 Å². The fourth-order valence-electron chi connectivity index (χ4n) is 3.19. The number of anilines is 1. The maximum atomic E-state index is 13.3. The highest BCUT2D eigenvalue weighted by Gasteiger charge is 2.21. The molecule has 0 bridgehead atoms. The Morgan fingerprint density at radius 3 is 2.69 bits per heavy atom. The summed E-state index contributed by atoms with van der Waals surface area (Å²) in [4.78, 5) is 26.4. The SMILES string of the molecule is COc1ccc(SCCC(=O)N(Cc2cccnc2)c2nc3c(SC)cccc3s2)cc1. The smallest absolute Gasteiger partial charge is 0.229 e. The van der Waals surface area contributed by atoms with E-state index in [2.05, 4.69) is 17.1 Å². The van der Waals surface area contributed by atoms with Gasteiger partial charge in [-0.15, -0.1) is 23.5 Å². The fourth-order valence-corrected chi connectivity index (χ4v) is 5.67. The molecule has 0 saturated heterocycles. The van der Waals surface area contributed by atoms with E-state index in [1.54, 1.807) is 59.3 Å². The molecule has 0 aliphatic heterocycles. The van der Waals surface area contributed by atoms with E-state index >= 15 is 0 Å². The molecule has 4 aromatic rings. The van der Waals surface area contributed by atoms with Crippen LogP contribution >= 0.6 is 34.9 Å². The molecule has 2 aromatic carbocycles. The molecule has 32 heavy (non-hydrogen) atoms. The number of para-hydroxylation sites is 1. The Bertz CT molecular complexity index is 1180. The van der Waals surface area contributed by atoms with Gasteiger partial charge in [-0.05, 0) is 54.3 Å². The van der Waals surface area contributed by atoms with E-state index in [-0.39, 0.29) is 5.91 Å². The molecule has 0 aliphatic carbocycles. The molecule has 0 radical (unpaired) electrons. The zero-order valence-corrected chi connectivity index (χ0v) is 20.3. The van der Waals surface area contributed by atoms with Crippen LogP contribution < -0.4 is 9.64 Å². The van der Waals surface area contributed by atoms with E-state index in [4.69, 9.17) is 9.72 Å². The predicted molar refractivity (Wildman–Crippen MR) is 135 cm³/mol. The first kappa shape index (κ1) is 22.6. The molecule has 2 heterocycles. The topological polar surface area (TPSA) is 55.3 Å². The van der Waals surface area contributed by atoms with E-state index < -0.39 is 0 Å². The highest BCUT2D eigenvalue weighted by atomic mass is 32.2. The summed E-state index contributed by atoms with van der Waals surface area (Å²) in [6.07, 6.45) is 6.00. The molecule has 8 heteroatoms. The zero-order valence-electron chi connectivity index (χ0n) is 17.9. The number of hydrogen-bond donors (Lipinski definition) is 0. The van der Waals surface area contributed by atoms with Crippen molar-refractivity contribution >= 4 is 56.1 Å². The number of methoxy groups -OCH3 is 1. The van der Waals surface area contributed by atoms with Gasteiger partial charge in [0, 0.05) is 34.4 Å². The Morgan fingerprint density at radius 1 is 1.12 bits per heavy atom. The lowest BCUT2D eigenvalue weighted by Gasteiger charge is -2.20. The first-order chi connectivity index (χ1) is 15.7. The summed E-state index contributed by atoms with van der Waals surface area (Å²) >= 11 is 4.89. The number of nitrogens with zero attached hydrogens (tertiary/aromatic N) is 3. The van der Waals surface area contributed by atoms with E-state index in [1.807, 2.05) is 48.7 Å². The first-order valence-corrected chi connectivity index (χ1v) is 13.1. The summed E-state index contributed by atoms with van der Waals surface area (Å²) in [5, 5.41) is 0.727. The number of carbonyl (C=O) groups excluding carboxylic acids is 1. The summed E-state index contributed by atoms with van der Waals surface area (Å²) in [5.41, 5.74) is 1.93. The maximum absolute atomic E-state index is 13.3. The van der Waals surface area contributed by atoms with Crippen LogP contribution in [0.25, 0.3) is 10.2 Å². The van der Waals surface area contributed by atoms with Crippen LogP contribution in [0.5, 0.6) is 5.75 Å². The number of amides is 1. The quantitative estimate of drug-likeness (QED) is 0.268. The van der Waals surface area contributed by atoms with E-state index in [9.17, 15) is 4.79 Å². The number of hydrogen-bond acceptors (Lipinski definition) is 7. The zero-order chi connectivity index (χ0) is 22.3. The minimum absolute atomic E-state index is 0.0552. The molecule has 2 aromatic heterocycles. The summed E-state index contributed by atoms with van der Waals surface area (Å²) < 4.78 is 6.29. The Morgan fingerprint density at radius 2 is 1.97 bits per heavy atom. The molecule has 1 amide bonds. The first-order valence-electron chi connectivity index (χ1n) is 10.1. The van der Waals surface area contributed by atoms with Crippen molar-refractivity contribution in [1.29, 1.82) is 0 Å².